The van der Waals surface area contributed by atoms with Gasteiger partial charge in [0.15, 0.2) is 0 Å². The van der Waals surface area contributed by atoms with Gasteiger partial charge in [-0.25, -0.2) is 15.0 Å². The first-order valence-electron chi connectivity index (χ1n) is 8.86. The van der Waals surface area contributed by atoms with Crippen molar-refractivity contribution in [3.05, 3.63) is 53.5 Å². The minimum atomic E-state index is -4.49. The molecule has 0 aliphatic heterocycles. The lowest BCUT2D eigenvalue weighted by molar-refractivity contribution is -0.141. The minimum Gasteiger partial charge on any atom is -0.424 e. The highest BCUT2D eigenvalue weighted by molar-refractivity contribution is 5.89. The van der Waals surface area contributed by atoms with Crippen LogP contribution in [0.4, 0.5) is 13.2 Å². The van der Waals surface area contributed by atoms with Gasteiger partial charge < -0.3 is 4.74 Å². The first kappa shape index (κ1) is 17.7. The zero-order chi connectivity index (χ0) is 19.0. The molecule has 1 saturated carbocycles. The molecule has 0 spiro atoms. The molecule has 0 N–H and O–H groups in total. The summed E-state index contributed by atoms with van der Waals surface area (Å²) in [5.74, 6) is 1.03. The molecule has 1 aliphatic rings. The summed E-state index contributed by atoms with van der Waals surface area (Å²) in [5.41, 5.74) is 0.883. The largest absolute Gasteiger partial charge is 0.433 e. The summed E-state index contributed by atoms with van der Waals surface area (Å²) in [5, 5.41) is 0.593. The molecule has 1 aromatic carbocycles. The number of nitrogens with zero attached hydrogens (tertiary/aromatic N) is 3. The van der Waals surface area contributed by atoms with E-state index in [1.807, 2.05) is 6.92 Å². The number of hydrogen-bond acceptors (Lipinski definition) is 4. The van der Waals surface area contributed by atoms with Gasteiger partial charge >= 0.3 is 12.2 Å². The summed E-state index contributed by atoms with van der Waals surface area (Å²) < 4.78 is 45.6. The first-order chi connectivity index (χ1) is 12.9. The average molecular weight is 373 g/mol. The second-order valence-corrected chi connectivity index (χ2v) is 6.94. The molecule has 27 heavy (non-hydrogen) atoms. The van der Waals surface area contributed by atoms with Gasteiger partial charge in [-0.15, -0.1) is 0 Å². The van der Waals surface area contributed by atoms with E-state index in [0.29, 0.717) is 29.0 Å². The fraction of sp³-hybridized carbons (Fsp3) is 0.350. The van der Waals surface area contributed by atoms with Crippen molar-refractivity contribution in [2.24, 2.45) is 5.92 Å². The van der Waals surface area contributed by atoms with E-state index in [9.17, 15) is 13.2 Å². The summed E-state index contributed by atoms with van der Waals surface area (Å²) in [6.07, 6.45) is 2.49. The van der Waals surface area contributed by atoms with E-state index in [2.05, 4.69) is 15.0 Å². The molecule has 0 atom stereocenters. The van der Waals surface area contributed by atoms with E-state index < -0.39 is 11.9 Å². The predicted octanol–water partition coefficient (Wildman–Crippen LogP) is 5.49. The number of alkyl halides is 3. The van der Waals surface area contributed by atoms with Crippen LogP contribution in [0.15, 0.2) is 36.7 Å². The Balaban J connectivity index is 1.79. The maximum absolute atomic E-state index is 13.3. The van der Waals surface area contributed by atoms with Crippen LogP contribution in [-0.4, -0.2) is 15.0 Å². The van der Waals surface area contributed by atoms with E-state index in [-0.39, 0.29) is 11.5 Å². The number of rotatable bonds is 5. The maximum atomic E-state index is 13.3. The molecule has 0 radical (unpaired) electrons. The summed E-state index contributed by atoms with van der Waals surface area (Å²) >= 11 is 0. The van der Waals surface area contributed by atoms with Gasteiger partial charge in [-0.3, -0.25) is 0 Å². The number of halogens is 3. The van der Waals surface area contributed by atoms with Crippen molar-refractivity contribution in [1.29, 1.82) is 0 Å². The van der Waals surface area contributed by atoms with Gasteiger partial charge in [-0.1, -0.05) is 18.9 Å². The van der Waals surface area contributed by atoms with Crippen LogP contribution in [0.25, 0.3) is 10.9 Å². The highest BCUT2D eigenvalue weighted by Gasteiger charge is 2.34. The van der Waals surface area contributed by atoms with Crippen molar-refractivity contribution in [3.8, 4) is 11.8 Å². The lowest BCUT2D eigenvalue weighted by atomic mass is 10.0. The molecule has 1 fully saturated rings. The van der Waals surface area contributed by atoms with Crippen molar-refractivity contribution < 1.29 is 17.9 Å². The number of pyridine rings is 1. The summed E-state index contributed by atoms with van der Waals surface area (Å²) in [4.78, 5) is 12.1. The minimum absolute atomic E-state index is 0.154. The lowest BCUT2D eigenvalue weighted by Gasteiger charge is -2.14. The topological polar surface area (TPSA) is 47.9 Å². The maximum Gasteiger partial charge on any atom is 0.433 e. The molecule has 7 heteroatoms. The number of aryl methyl sites for hydroxylation is 2. The Labute approximate surface area is 154 Å². The number of ether oxygens (including phenoxy) is 1. The van der Waals surface area contributed by atoms with E-state index in [1.165, 1.54) is 0 Å². The van der Waals surface area contributed by atoms with Crippen molar-refractivity contribution in [2.75, 3.05) is 0 Å². The molecule has 0 unspecified atom stereocenters. The van der Waals surface area contributed by atoms with Crippen LogP contribution in [0.2, 0.25) is 0 Å². The number of aromatic nitrogens is 3. The standard InChI is InChI=1S/C20H18F3N3O/c1-12-10-24-19(25-11-12)27-16-4-2-3-15-18(16)14(8-7-13-5-6-13)9-17(26-15)20(21,22)23/h2-4,9-11,13H,5-8H2,1H3. The van der Waals surface area contributed by atoms with Gasteiger partial charge in [0.2, 0.25) is 0 Å². The normalized spacial score (nSPS) is 14.5. The van der Waals surface area contributed by atoms with Crippen LogP contribution in [0.1, 0.15) is 36.1 Å². The van der Waals surface area contributed by atoms with E-state index in [1.54, 1.807) is 30.6 Å². The average Bonchev–Trinajstić information content (AvgIpc) is 3.45. The zero-order valence-electron chi connectivity index (χ0n) is 14.8. The van der Waals surface area contributed by atoms with E-state index >= 15 is 0 Å². The Morgan fingerprint density at radius 2 is 1.89 bits per heavy atom. The third-order valence-electron chi connectivity index (χ3n) is 4.64. The van der Waals surface area contributed by atoms with Gasteiger partial charge in [0.1, 0.15) is 11.4 Å². The zero-order valence-corrected chi connectivity index (χ0v) is 14.8. The highest BCUT2D eigenvalue weighted by Crippen LogP contribution is 2.38. The van der Waals surface area contributed by atoms with Crippen molar-refractivity contribution >= 4 is 10.9 Å². The van der Waals surface area contributed by atoms with Crippen molar-refractivity contribution in [2.45, 2.75) is 38.8 Å². The third-order valence-corrected chi connectivity index (χ3v) is 4.64. The highest BCUT2D eigenvalue weighted by atomic mass is 19.4. The molecule has 2 heterocycles. The Bertz CT molecular complexity index is 967. The van der Waals surface area contributed by atoms with Crippen LogP contribution in [0.5, 0.6) is 11.8 Å². The Kier molecular flexibility index (Phi) is 4.45. The second kappa shape index (κ2) is 6.79. The van der Waals surface area contributed by atoms with Crippen molar-refractivity contribution in [3.63, 3.8) is 0 Å². The van der Waals surface area contributed by atoms with Crippen LogP contribution < -0.4 is 4.74 Å². The molecule has 3 aromatic rings. The van der Waals surface area contributed by atoms with Crippen LogP contribution in [0.3, 0.4) is 0 Å². The van der Waals surface area contributed by atoms with Gasteiger partial charge in [0.25, 0.3) is 0 Å². The predicted molar refractivity (Wildman–Crippen MR) is 94.6 cm³/mol. The molecule has 2 aromatic heterocycles. The summed E-state index contributed by atoms with van der Waals surface area (Å²) in [6, 6.07) is 6.22. The van der Waals surface area contributed by atoms with Crippen LogP contribution >= 0.6 is 0 Å². The molecule has 0 bridgehead atoms. The SMILES string of the molecule is Cc1cnc(Oc2cccc3nc(C(F)(F)F)cc(CCC4CC4)c23)nc1. The van der Waals surface area contributed by atoms with Gasteiger partial charge in [-0.2, -0.15) is 13.2 Å². The smallest absolute Gasteiger partial charge is 0.424 e. The Hall–Kier alpha value is -2.70. The van der Waals surface area contributed by atoms with Gasteiger partial charge in [0, 0.05) is 17.8 Å². The molecule has 0 saturated heterocycles. The van der Waals surface area contributed by atoms with Gasteiger partial charge in [-0.05, 0) is 55.0 Å². The van der Waals surface area contributed by atoms with Crippen LogP contribution in [0, 0.1) is 12.8 Å². The first-order valence-corrected chi connectivity index (χ1v) is 8.86. The molecule has 140 valence electrons. The van der Waals surface area contributed by atoms with E-state index in [4.69, 9.17) is 4.74 Å². The third kappa shape index (κ3) is 4.02. The Morgan fingerprint density at radius 3 is 2.56 bits per heavy atom. The fourth-order valence-electron chi connectivity index (χ4n) is 3.06. The summed E-state index contributed by atoms with van der Waals surface area (Å²) in [7, 11) is 0. The molecule has 1 aliphatic carbocycles. The molecule has 4 nitrogen and oxygen atoms in total. The molecule has 0 amide bonds. The molecular formula is C20H18F3N3O. The fourth-order valence-corrected chi connectivity index (χ4v) is 3.06. The lowest BCUT2D eigenvalue weighted by Crippen LogP contribution is -2.09. The number of fused-ring (bicyclic) bond motifs is 1. The van der Waals surface area contributed by atoms with Crippen molar-refractivity contribution in [1.82, 2.24) is 15.0 Å². The van der Waals surface area contributed by atoms with E-state index in [0.717, 1.165) is 30.9 Å². The molecular weight excluding hydrogens is 355 g/mol. The van der Waals surface area contributed by atoms with Gasteiger partial charge in [0.05, 0.1) is 5.52 Å². The summed E-state index contributed by atoms with van der Waals surface area (Å²) in [6.45, 7) is 1.86. The molecule has 4 rings (SSSR count). The van der Waals surface area contributed by atoms with Crippen LogP contribution in [-0.2, 0) is 12.6 Å². The number of hydrogen-bond donors (Lipinski definition) is 0. The quantitative estimate of drug-likeness (QED) is 0.594. The monoisotopic (exact) mass is 373 g/mol. The Morgan fingerprint density at radius 1 is 1.15 bits per heavy atom. The second-order valence-electron chi connectivity index (χ2n) is 6.94. The number of benzene rings is 1.